The molecule has 0 radical (unpaired) electrons. The van der Waals surface area contributed by atoms with Crippen molar-refractivity contribution in [3.63, 3.8) is 0 Å². The van der Waals surface area contributed by atoms with E-state index in [9.17, 15) is 8.42 Å². The summed E-state index contributed by atoms with van der Waals surface area (Å²) in [5.41, 5.74) is 6.57. The van der Waals surface area contributed by atoms with E-state index >= 15 is 0 Å². The van der Waals surface area contributed by atoms with Crippen molar-refractivity contribution in [3.8, 4) is 0 Å². The van der Waals surface area contributed by atoms with Gasteiger partial charge in [0.1, 0.15) is 0 Å². The zero-order chi connectivity index (χ0) is 15.1. The van der Waals surface area contributed by atoms with Gasteiger partial charge in [-0.05, 0) is 41.1 Å². The quantitative estimate of drug-likeness (QED) is 0.793. The molecule has 0 saturated carbocycles. The average molecular weight is 424 g/mol. The minimum Gasteiger partial charge on any atom is -0.381 e. The Labute approximate surface area is 133 Å². The van der Waals surface area contributed by atoms with E-state index in [-0.39, 0.29) is 10.7 Å². The monoisotopic (exact) mass is 422 g/mol. The van der Waals surface area contributed by atoms with Crippen molar-refractivity contribution in [1.82, 2.24) is 9.78 Å². The lowest BCUT2D eigenvalue weighted by molar-refractivity contribution is 0.600. The first-order chi connectivity index (χ1) is 9.22. The van der Waals surface area contributed by atoms with Crippen LogP contribution in [-0.4, -0.2) is 18.2 Å². The molecular weight excluding hydrogens is 412 g/mol. The van der Waals surface area contributed by atoms with Crippen molar-refractivity contribution in [2.24, 2.45) is 7.05 Å². The summed E-state index contributed by atoms with van der Waals surface area (Å²) in [5.74, 6) is -0.0244. The number of nitrogens with two attached hydrogens (primary N) is 1. The van der Waals surface area contributed by atoms with Gasteiger partial charge in [0.25, 0.3) is 10.0 Å². The highest BCUT2D eigenvalue weighted by Gasteiger charge is 2.25. The topological polar surface area (TPSA) is 90.0 Å². The van der Waals surface area contributed by atoms with E-state index in [1.807, 2.05) is 0 Å². The first kappa shape index (κ1) is 15.3. The van der Waals surface area contributed by atoms with Crippen molar-refractivity contribution >= 4 is 53.4 Å². The molecule has 0 spiro atoms. The Morgan fingerprint density at radius 3 is 2.55 bits per heavy atom. The molecule has 0 saturated heterocycles. The molecule has 1 aromatic carbocycles. The largest absolute Gasteiger partial charge is 0.381 e. The molecule has 0 fully saturated rings. The number of hydrogen-bond acceptors (Lipinski definition) is 4. The molecule has 1 aromatic heterocycles. The Kier molecular flexibility index (Phi) is 4.12. The van der Waals surface area contributed by atoms with Crippen LogP contribution in [-0.2, 0) is 17.1 Å². The SMILES string of the molecule is Cc1c(S(=O)(=O)Nc2cc(Br)ccc2Br)c(N)nn1C. The second kappa shape index (κ2) is 5.38. The lowest BCUT2D eigenvalue weighted by Crippen LogP contribution is -2.15. The van der Waals surface area contributed by atoms with Crippen LogP contribution in [0.2, 0.25) is 0 Å². The van der Waals surface area contributed by atoms with Gasteiger partial charge in [0, 0.05) is 16.0 Å². The summed E-state index contributed by atoms with van der Waals surface area (Å²) in [6.07, 6.45) is 0. The second-order valence-electron chi connectivity index (χ2n) is 4.15. The Morgan fingerprint density at radius 2 is 2.00 bits per heavy atom. The summed E-state index contributed by atoms with van der Waals surface area (Å²) >= 11 is 6.59. The van der Waals surface area contributed by atoms with Crippen LogP contribution in [0.1, 0.15) is 5.69 Å². The summed E-state index contributed by atoms with van der Waals surface area (Å²) in [6.45, 7) is 1.65. The number of hydrogen-bond donors (Lipinski definition) is 2. The van der Waals surface area contributed by atoms with Crippen molar-refractivity contribution in [2.45, 2.75) is 11.8 Å². The van der Waals surface area contributed by atoms with E-state index in [1.54, 1.807) is 32.2 Å². The molecule has 0 amide bonds. The molecule has 0 atom stereocenters. The van der Waals surface area contributed by atoms with E-state index in [4.69, 9.17) is 5.73 Å². The fraction of sp³-hybridized carbons (Fsp3) is 0.182. The maximum Gasteiger partial charge on any atom is 0.267 e. The van der Waals surface area contributed by atoms with Crippen LogP contribution in [0.4, 0.5) is 11.5 Å². The van der Waals surface area contributed by atoms with Gasteiger partial charge in [-0.3, -0.25) is 9.40 Å². The van der Waals surface area contributed by atoms with Gasteiger partial charge in [0.05, 0.1) is 11.4 Å². The van der Waals surface area contributed by atoms with Crippen molar-refractivity contribution < 1.29 is 8.42 Å². The molecule has 3 N–H and O–H groups in total. The van der Waals surface area contributed by atoms with Gasteiger partial charge >= 0.3 is 0 Å². The lowest BCUT2D eigenvalue weighted by atomic mass is 10.3. The summed E-state index contributed by atoms with van der Waals surface area (Å²) < 4.78 is 30.2. The molecule has 0 bridgehead atoms. The standard InChI is InChI=1S/C11H12Br2N4O2S/c1-6-10(11(14)15-17(6)2)20(18,19)16-9-5-7(12)3-4-8(9)13/h3-5,16H,1-2H3,(H2,14,15). The van der Waals surface area contributed by atoms with Gasteiger partial charge in [-0.1, -0.05) is 15.9 Å². The molecule has 9 heteroatoms. The van der Waals surface area contributed by atoms with Crippen LogP contribution in [0.5, 0.6) is 0 Å². The van der Waals surface area contributed by atoms with E-state index in [0.29, 0.717) is 15.9 Å². The summed E-state index contributed by atoms with van der Waals surface area (Å²) in [7, 11) is -2.16. The smallest absolute Gasteiger partial charge is 0.267 e. The number of rotatable bonds is 3. The van der Waals surface area contributed by atoms with Crippen LogP contribution in [0.25, 0.3) is 0 Å². The van der Waals surface area contributed by atoms with E-state index < -0.39 is 10.0 Å². The number of halogens is 2. The third-order valence-corrected chi connectivity index (χ3v) is 5.46. The van der Waals surface area contributed by atoms with Crippen molar-refractivity contribution in [2.75, 3.05) is 10.5 Å². The molecule has 1 heterocycles. The molecule has 0 aliphatic rings. The molecule has 2 rings (SSSR count). The summed E-state index contributed by atoms with van der Waals surface area (Å²) in [6, 6.07) is 5.19. The van der Waals surface area contributed by atoms with Crippen LogP contribution >= 0.6 is 31.9 Å². The molecule has 2 aromatic rings. The maximum absolute atomic E-state index is 12.4. The zero-order valence-electron chi connectivity index (χ0n) is 10.7. The van der Waals surface area contributed by atoms with Gasteiger partial charge in [-0.2, -0.15) is 5.10 Å². The number of benzene rings is 1. The first-order valence-corrected chi connectivity index (χ1v) is 8.56. The fourth-order valence-electron chi connectivity index (χ4n) is 1.72. The molecular formula is C11H12Br2N4O2S. The predicted octanol–water partition coefficient (Wildman–Crippen LogP) is 2.64. The molecule has 20 heavy (non-hydrogen) atoms. The maximum atomic E-state index is 12.4. The third-order valence-electron chi connectivity index (χ3n) is 2.75. The number of aromatic nitrogens is 2. The minimum atomic E-state index is -3.80. The fourth-order valence-corrected chi connectivity index (χ4v) is 3.95. The molecule has 6 nitrogen and oxygen atoms in total. The number of nitrogens with zero attached hydrogens (tertiary/aromatic N) is 2. The summed E-state index contributed by atoms with van der Waals surface area (Å²) in [5, 5.41) is 3.91. The van der Waals surface area contributed by atoms with Crippen LogP contribution in [0.15, 0.2) is 32.0 Å². The highest BCUT2D eigenvalue weighted by atomic mass is 79.9. The van der Waals surface area contributed by atoms with Gasteiger partial charge in [-0.25, -0.2) is 8.42 Å². The lowest BCUT2D eigenvalue weighted by Gasteiger charge is -2.10. The van der Waals surface area contributed by atoms with E-state index in [1.165, 1.54) is 4.68 Å². The molecule has 0 aliphatic carbocycles. The first-order valence-electron chi connectivity index (χ1n) is 5.49. The highest BCUT2D eigenvalue weighted by Crippen LogP contribution is 2.30. The Balaban J connectivity index is 2.49. The summed E-state index contributed by atoms with van der Waals surface area (Å²) in [4.78, 5) is -0.00752. The Bertz CT molecular complexity index is 771. The van der Waals surface area contributed by atoms with Gasteiger partial charge < -0.3 is 5.73 Å². The average Bonchev–Trinajstić information content (AvgIpc) is 2.58. The Morgan fingerprint density at radius 1 is 1.35 bits per heavy atom. The highest BCUT2D eigenvalue weighted by molar-refractivity contribution is 9.11. The van der Waals surface area contributed by atoms with Crippen LogP contribution in [0, 0.1) is 6.92 Å². The number of anilines is 2. The Hall–Kier alpha value is -1.06. The van der Waals surface area contributed by atoms with Gasteiger partial charge in [-0.15, -0.1) is 0 Å². The van der Waals surface area contributed by atoms with Crippen LogP contribution in [0.3, 0.4) is 0 Å². The minimum absolute atomic E-state index is 0.00752. The van der Waals surface area contributed by atoms with Crippen molar-refractivity contribution in [1.29, 1.82) is 0 Å². The molecule has 108 valence electrons. The molecule has 0 aliphatic heterocycles. The number of nitrogen functional groups attached to an aromatic ring is 1. The van der Waals surface area contributed by atoms with E-state index in [2.05, 4.69) is 41.7 Å². The number of aryl methyl sites for hydroxylation is 1. The van der Waals surface area contributed by atoms with Gasteiger partial charge in [0.2, 0.25) is 0 Å². The van der Waals surface area contributed by atoms with Gasteiger partial charge in [0.15, 0.2) is 10.7 Å². The number of sulfonamides is 1. The predicted molar refractivity (Wildman–Crippen MR) is 85.0 cm³/mol. The molecule has 0 unspecified atom stereocenters. The van der Waals surface area contributed by atoms with Crippen molar-refractivity contribution in [3.05, 3.63) is 32.8 Å². The zero-order valence-corrected chi connectivity index (χ0v) is 14.7. The second-order valence-corrected chi connectivity index (χ2v) is 7.54. The normalized spacial score (nSPS) is 11.6. The van der Waals surface area contributed by atoms with Crippen LogP contribution < -0.4 is 10.5 Å². The third kappa shape index (κ3) is 2.84. The number of nitrogens with one attached hydrogen (secondary N) is 1. The van der Waals surface area contributed by atoms with E-state index in [0.717, 1.165) is 4.47 Å².